The van der Waals surface area contributed by atoms with E-state index in [1.54, 1.807) is 0 Å². The molecule has 0 aliphatic heterocycles. The molecule has 0 bridgehead atoms. The molecule has 2 nitrogen and oxygen atoms in total. The zero-order valence-corrected chi connectivity index (χ0v) is 8.66. The third kappa shape index (κ3) is 9.80. The Balaban J connectivity index is 3.21. The Morgan fingerprint density at radius 2 is 2.00 bits per heavy atom. The van der Waals surface area contributed by atoms with E-state index in [4.69, 9.17) is 4.74 Å². The van der Waals surface area contributed by atoms with Crippen LogP contribution in [-0.2, 0) is 4.74 Å². The summed E-state index contributed by atoms with van der Waals surface area (Å²) in [5, 5.41) is 2.27. The van der Waals surface area contributed by atoms with Gasteiger partial charge in [0.05, 0.1) is 19.3 Å². The summed E-state index contributed by atoms with van der Waals surface area (Å²) in [5.74, 6) is 0. The Morgan fingerprint density at radius 1 is 1.36 bits per heavy atom. The number of hydrogen-bond acceptors (Lipinski definition) is 2. The summed E-state index contributed by atoms with van der Waals surface area (Å²) in [5.41, 5.74) is 0. The van der Waals surface area contributed by atoms with E-state index in [-0.39, 0.29) is 12.6 Å². The first-order valence-corrected chi connectivity index (χ1v) is 4.84. The molecule has 0 aromatic carbocycles. The Labute approximate surface area is 82.8 Å². The third-order valence-corrected chi connectivity index (χ3v) is 1.70. The van der Waals surface area contributed by atoms with Gasteiger partial charge in [-0.05, 0) is 13.3 Å². The van der Waals surface area contributed by atoms with E-state index >= 15 is 0 Å². The fourth-order valence-electron chi connectivity index (χ4n) is 1.05. The number of hydrogen-bond donors (Lipinski definition) is 1. The van der Waals surface area contributed by atoms with Gasteiger partial charge in [0, 0.05) is 6.54 Å². The van der Waals surface area contributed by atoms with Crippen molar-refractivity contribution in [3.8, 4) is 0 Å². The number of rotatable bonds is 7. The van der Waals surface area contributed by atoms with E-state index in [2.05, 4.69) is 5.32 Å². The van der Waals surface area contributed by atoms with Crippen molar-refractivity contribution < 1.29 is 17.9 Å². The van der Waals surface area contributed by atoms with Gasteiger partial charge in [0.15, 0.2) is 0 Å². The van der Waals surface area contributed by atoms with Crippen LogP contribution < -0.4 is 5.32 Å². The molecule has 1 N–H and O–H groups in total. The molecule has 0 aromatic rings. The summed E-state index contributed by atoms with van der Waals surface area (Å²) in [7, 11) is 0. The SMILES string of the molecule is CCCC(C)OCCNCC(F)(F)F. The van der Waals surface area contributed by atoms with Crippen molar-refractivity contribution >= 4 is 0 Å². The van der Waals surface area contributed by atoms with Crippen LogP contribution in [0.15, 0.2) is 0 Å². The first-order valence-electron chi connectivity index (χ1n) is 4.84. The highest BCUT2D eigenvalue weighted by molar-refractivity contribution is 4.55. The largest absolute Gasteiger partial charge is 0.401 e. The standard InChI is InChI=1S/C9H18F3NO/c1-3-4-8(2)14-6-5-13-7-9(10,11)12/h8,13H,3-7H2,1-2H3. The predicted molar refractivity (Wildman–Crippen MR) is 49.2 cm³/mol. The van der Waals surface area contributed by atoms with Crippen molar-refractivity contribution in [3.63, 3.8) is 0 Å². The van der Waals surface area contributed by atoms with Gasteiger partial charge in [-0.3, -0.25) is 0 Å². The monoisotopic (exact) mass is 213 g/mol. The van der Waals surface area contributed by atoms with Crippen LogP contribution in [0.3, 0.4) is 0 Å². The van der Waals surface area contributed by atoms with Gasteiger partial charge in [0.25, 0.3) is 0 Å². The maximum Gasteiger partial charge on any atom is 0.401 e. The van der Waals surface area contributed by atoms with Gasteiger partial charge >= 0.3 is 6.18 Å². The van der Waals surface area contributed by atoms with Crippen LogP contribution in [0.5, 0.6) is 0 Å². The predicted octanol–water partition coefficient (Wildman–Crippen LogP) is 2.34. The number of halogens is 3. The van der Waals surface area contributed by atoms with Crippen molar-refractivity contribution in [2.45, 2.75) is 39.0 Å². The molecule has 0 aliphatic rings. The quantitative estimate of drug-likeness (QED) is 0.655. The summed E-state index contributed by atoms with van der Waals surface area (Å²) in [6.45, 7) is 3.60. The highest BCUT2D eigenvalue weighted by atomic mass is 19.4. The Kier molecular flexibility index (Phi) is 6.92. The maximum absolute atomic E-state index is 11.7. The molecule has 0 aromatic heterocycles. The molecule has 14 heavy (non-hydrogen) atoms. The van der Waals surface area contributed by atoms with Crippen molar-refractivity contribution in [2.75, 3.05) is 19.7 Å². The first-order chi connectivity index (χ1) is 6.45. The smallest absolute Gasteiger partial charge is 0.377 e. The van der Waals surface area contributed by atoms with Gasteiger partial charge in [-0.25, -0.2) is 0 Å². The molecule has 0 saturated heterocycles. The Hall–Kier alpha value is -0.290. The minimum Gasteiger partial charge on any atom is -0.377 e. The average molecular weight is 213 g/mol. The van der Waals surface area contributed by atoms with Crippen LogP contribution in [0.2, 0.25) is 0 Å². The second-order valence-corrected chi connectivity index (χ2v) is 3.26. The maximum atomic E-state index is 11.7. The summed E-state index contributed by atoms with van der Waals surface area (Å²) in [6.07, 6.45) is -2.03. The molecule has 1 unspecified atom stereocenters. The molecule has 86 valence electrons. The van der Waals surface area contributed by atoms with Crippen LogP contribution >= 0.6 is 0 Å². The lowest BCUT2D eigenvalue weighted by molar-refractivity contribution is -0.125. The van der Waals surface area contributed by atoms with E-state index in [9.17, 15) is 13.2 Å². The second kappa shape index (κ2) is 7.06. The van der Waals surface area contributed by atoms with E-state index in [1.165, 1.54) is 0 Å². The molecule has 0 amide bonds. The summed E-state index contributed by atoms with van der Waals surface area (Å²) in [6, 6.07) is 0. The molecule has 0 saturated carbocycles. The third-order valence-electron chi connectivity index (χ3n) is 1.70. The van der Waals surface area contributed by atoms with Gasteiger partial charge in [0.2, 0.25) is 0 Å². The topological polar surface area (TPSA) is 21.3 Å². The zero-order chi connectivity index (χ0) is 11.0. The molecular formula is C9H18F3NO. The summed E-state index contributed by atoms with van der Waals surface area (Å²) in [4.78, 5) is 0. The highest BCUT2D eigenvalue weighted by Crippen LogP contribution is 2.11. The fraction of sp³-hybridized carbons (Fsp3) is 1.00. The first kappa shape index (κ1) is 13.7. The van der Waals surface area contributed by atoms with Crippen molar-refractivity contribution in [3.05, 3.63) is 0 Å². The van der Waals surface area contributed by atoms with Crippen molar-refractivity contribution in [2.24, 2.45) is 0 Å². The summed E-state index contributed by atoms with van der Waals surface area (Å²) >= 11 is 0. The molecule has 0 spiro atoms. The molecule has 0 fully saturated rings. The fourth-order valence-corrected chi connectivity index (χ4v) is 1.05. The molecule has 0 radical (unpaired) electrons. The van der Waals surface area contributed by atoms with Gasteiger partial charge in [-0.1, -0.05) is 13.3 Å². The van der Waals surface area contributed by atoms with Crippen LogP contribution in [0.1, 0.15) is 26.7 Å². The van der Waals surface area contributed by atoms with E-state index in [0.29, 0.717) is 6.61 Å². The van der Waals surface area contributed by atoms with Gasteiger partial charge < -0.3 is 10.1 Å². The van der Waals surface area contributed by atoms with Crippen molar-refractivity contribution in [1.29, 1.82) is 0 Å². The second-order valence-electron chi connectivity index (χ2n) is 3.26. The average Bonchev–Trinajstić information content (AvgIpc) is 2.02. The molecule has 5 heteroatoms. The minimum absolute atomic E-state index is 0.132. The molecule has 0 aliphatic carbocycles. The van der Waals surface area contributed by atoms with Gasteiger partial charge in [0.1, 0.15) is 0 Å². The van der Waals surface area contributed by atoms with E-state index in [1.807, 2.05) is 13.8 Å². The van der Waals surface area contributed by atoms with Crippen LogP contribution in [0.4, 0.5) is 13.2 Å². The van der Waals surface area contributed by atoms with E-state index < -0.39 is 12.7 Å². The normalized spacial score (nSPS) is 14.4. The van der Waals surface area contributed by atoms with Gasteiger partial charge in [-0.2, -0.15) is 13.2 Å². The lowest BCUT2D eigenvalue weighted by Gasteiger charge is -2.12. The molecule has 1 atom stereocenters. The van der Waals surface area contributed by atoms with Gasteiger partial charge in [-0.15, -0.1) is 0 Å². The van der Waals surface area contributed by atoms with Crippen LogP contribution in [-0.4, -0.2) is 32.0 Å². The highest BCUT2D eigenvalue weighted by Gasteiger charge is 2.25. The zero-order valence-electron chi connectivity index (χ0n) is 8.66. The van der Waals surface area contributed by atoms with Crippen LogP contribution in [0.25, 0.3) is 0 Å². The molecule has 0 rings (SSSR count). The number of alkyl halides is 3. The Bertz CT molecular complexity index is 139. The number of ether oxygens (including phenoxy) is 1. The minimum atomic E-state index is -4.13. The Morgan fingerprint density at radius 3 is 2.50 bits per heavy atom. The lowest BCUT2D eigenvalue weighted by Crippen LogP contribution is -2.31. The van der Waals surface area contributed by atoms with E-state index in [0.717, 1.165) is 12.8 Å². The lowest BCUT2D eigenvalue weighted by atomic mass is 10.2. The summed E-state index contributed by atoms with van der Waals surface area (Å²) < 4.78 is 40.2. The van der Waals surface area contributed by atoms with Crippen molar-refractivity contribution in [1.82, 2.24) is 5.32 Å². The molecular weight excluding hydrogens is 195 g/mol. The molecule has 0 heterocycles. The van der Waals surface area contributed by atoms with Crippen LogP contribution in [0, 0.1) is 0 Å². The number of nitrogens with one attached hydrogen (secondary N) is 1.